The molecule has 0 amide bonds. The fraction of sp³-hybridized carbons (Fsp3) is 0.227. The van der Waals surface area contributed by atoms with Crippen LogP contribution in [0.15, 0.2) is 54.9 Å². The van der Waals surface area contributed by atoms with Crippen LogP contribution < -0.4 is 16.0 Å². The summed E-state index contributed by atoms with van der Waals surface area (Å²) in [6.45, 7) is 1.51. The highest BCUT2D eigenvalue weighted by atomic mass is 35.5. The Labute approximate surface area is 190 Å². The number of ether oxygens (including phenoxy) is 1. The van der Waals surface area contributed by atoms with Crippen molar-refractivity contribution in [3.63, 3.8) is 0 Å². The first-order valence-electron chi connectivity index (χ1n) is 9.75. The van der Waals surface area contributed by atoms with E-state index in [-0.39, 0.29) is 18.1 Å². The minimum absolute atomic E-state index is 0.198. The van der Waals surface area contributed by atoms with E-state index in [1.54, 1.807) is 0 Å². The van der Waals surface area contributed by atoms with Crippen molar-refractivity contribution in [2.45, 2.75) is 25.4 Å². The highest BCUT2D eigenvalue weighted by Crippen LogP contribution is 2.28. The van der Waals surface area contributed by atoms with Crippen LogP contribution in [0.5, 0.6) is 0 Å². The SMILES string of the molecule is N#Cc1cnc(NC2OC2Nc2ccc(CCNCc3ccccc3Cl)c(Cl)c2)cn1. The van der Waals surface area contributed by atoms with Gasteiger partial charge in [-0.05, 0) is 42.3 Å². The maximum Gasteiger partial charge on any atom is 0.177 e. The van der Waals surface area contributed by atoms with Gasteiger partial charge in [-0.3, -0.25) is 0 Å². The van der Waals surface area contributed by atoms with Gasteiger partial charge in [-0.25, -0.2) is 9.97 Å². The molecule has 0 bridgehead atoms. The van der Waals surface area contributed by atoms with Crippen molar-refractivity contribution in [1.29, 1.82) is 5.26 Å². The second kappa shape index (κ2) is 9.94. The van der Waals surface area contributed by atoms with Gasteiger partial charge in [0.1, 0.15) is 11.9 Å². The van der Waals surface area contributed by atoms with Crippen molar-refractivity contribution in [1.82, 2.24) is 15.3 Å². The third kappa shape index (κ3) is 5.84. The molecule has 7 nitrogen and oxygen atoms in total. The smallest absolute Gasteiger partial charge is 0.177 e. The van der Waals surface area contributed by atoms with E-state index in [1.807, 2.05) is 48.5 Å². The lowest BCUT2D eigenvalue weighted by Crippen LogP contribution is -2.17. The van der Waals surface area contributed by atoms with E-state index in [9.17, 15) is 0 Å². The van der Waals surface area contributed by atoms with Gasteiger partial charge >= 0.3 is 0 Å². The second-order valence-electron chi connectivity index (χ2n) is 6.99. The standard InChI is InChI=1S/C22H20Cl2N6O/c23-18-4-2-1-3-15(18)11-26-8-7-14-5-6-16(9-19(14)24)29-21-22(31-21)30-20-13-27-17(10-25)12-28-20/h1-6,9,12-13,21-22,26,29H,7-8,11H2,(H,28,30). The van der Waals surface area contributed by atoms with Gasteiger partial charge in [0.25, 0.3) is 0 Å². The van der Waals surface area contributed by atoms with Gasteiger partial charge in [-0.1, -0.05) is 47.5 Å². The Morgan fingerprint density at radius 1 is 0.968 bits per heavy atom. The average molecular weight is 455 g/mol. The Morgan fingerprint density at radius 3 is 2.55 bits per heavy atom. The van der Waals surface area contributed by atoms with Crippen LogP contribution in [0.25, 0.3) is 0 Å². The molecule has 3 aromatic rings. The number of epoxide rings is 1. The number of nitrogens with one attached hydrogen (secondary N) is 3. The normalized spacial score (nSPS) is 17.1. The number of halogens is 2. The molecular weight excluding hydrogens is 435 g/mol. The van der Waals surface area contributed by atoms with Crippen molar-refractivity contribution in [2.75, 3.05) is 17.2 Å². The van der Waals surface area contributed by atoms with Crippen molar-refractivity contribution in [3.8, 4) is 6.07 Å². The Balaban J connectivity index is 1.22. The second-order valence-corrected chi connectivity index (χ2v) is 7.80. The molecular formula is C22H20Cl2N6O. The largest absolute Gasteiger partial charge is 0.356 e. The predicted octanol–water partition coefficient (Wildman–Crippen LogP) is 4.19. The molecule has 2 aromatic carbocycles. The summed E-state index contributed by atoms with van der Waals surface area (Å²) in [5.41, 5.74) is 3.29. The van der Waals surface area contributed by atoms with E-state index in [0.29, 0.717) is 17.4 Å². The molecule has 2 unspecified atom stereocenters. The summed E-state index contributed by atoms with van der Waals surface area (Å²) in [4.78, 5) is 8.09. The summed E-state index contributed by atoms with van der Waals surface area (Å²) in [5, 5.41) is 20.0. The summed E-state index contributed by atoms with van der Waals surface area (Å²) in [5.74, 6) is 0.547. The van der Waals surface area contributed by atoms with Crippen LogP contribution >= 0.6 is 23.2 Å². The topological polar surface area (TPSA) is 98.2 Å². The van der Waals surface area contributed by atoms with Gasteiger partial charge in [0.05, 0.1) is 12.4 Å². The molecule has 4 rings (SSSR count). The van der Waals surface area contributed by atoms with E-state index in [1.165, 1.54) is 12.4 Å². The number of hydrogen-bond donors (Lipinski definition) is 3. The van der Waals surface area contributed by atoms with E-state index in [0.717, 1.165) is 34.8 Å². The lowest BCUT2D eigenvalue weighted by Gasteiger charge is -2.10. The quantitative estimate of drug-likeness (QED) is 0.329. The van der Waals surface area contributed by atoms with E-state index in [4.69, 9.17) is 33.2 Å². The van der Waals surface area contributed by atoms with Crippen LogP contribution in [0.2, 0.25) is 10.0 Å². The van der Waals surface area contributed by atoms with Gasteiger partial charge < -0.3 is 20.7 Å². The molecule has 3 N–H and O–H groups in total. The minimum Gasteiger partial charge on any atom is -0.356 e. The number of nitrogens with zero attached hydrogens (tertiary/aromatic N) is 3. The number of nitriles is 1. The molecule has 9 heteroatoms. The molecule has 1 aliphatic rings. The molecule has 31 heavy (non-hydrogen) atoms. The molecule has 1 aliphatic heterocycles. The van der Waals surface area contributed by atoms with Crippen molar-refractivity contribution < 1.29 is 4.74 Å². The van der Waals surface area contributed by atoms with Gasteiger partial charge in [0, 0.05) is 22.3 Å². The van der Waals surface area contributed by atoms with Crippen LogP contribution in [-0.2, 0) is 17.7 Å². The van der Waals surface area contributed by atoms with Crippen molar-refractivity contribution in [3.05, 3.63) is 81.7 Å². The average Bonchev–Trinajstić information content (AvgIpc) is 3.51. The maximum atomic E-state index is 8.76. The zero-order valence-corrected chi connectivity index (χ0v) is 18.0. The Hall–Kier alpha value is -2.89. The lowest BCUT2D eigenvalue weighted by molar-refractivity contribution is 0.395. The highest BCUT2D eigenvalue weighted by molar-refractivity contribution is 6.31. The minimum atomic E-state index is -0.227. The monoisotopic (exact) mass is 454 g/mol. The zero-order chi connectivity index (χ0) is 21.6. The fourth-order valence-electron chi connectivity index (χ4n) is 3.03. The number of hydrogen-bond acceptors (Lipinski definition) is 7. The molecule has 158 valence electrons. The van der Waals surface area contributed by atoms with Crippen molar-refractivity contribution in [2.24, 2.45) is 0 Å². The Bertz CT molecular complexity index is 1090. The lowest BCUT2D eigenvalue weighted by atomic mass is 10.1. The van der Waals surface area contributed by atoms with Crippen LogP contribution in [0.1, 0.15) is 16.8 Å². The maximum absolute atomic E-state index is 8.76. The predicted molar refractivity (Wildman–Crippen MR) is 121 cm³/mol. The first-order valence-corrected chi connectivity index (χ1v) is 10.5. The van der Waals surface area contributed by atoms with Gasteiger partial charge in [0.2, 0.25) is 0 Å². The van der Waals surface area contributed by atoms with E-state index < -0.39 is 0 Å². The number of benzene rings is 2. The molecule has 2 atom stereocenters. The summed E-state index contributed by atoms with van der Waals surface area (Å²) in [7, 11) is 0. The Kier molecular flexibility index (Phi) is 6.85. The van der Waals surface area contributed by atoms with Gasteiger partial charge in [0.15, 0.2) is 18.1 Å². The van der Waals surface area contributed by atoms with Gasteiger partial charge in [-0.15, -0.1) is 0 Å². The molecule has 2 heterocycles. The summed E-state index contributed by atoms with van der Waals surface area (Å²) < 4.78 is 5.56. The van der Waals surface area contributed by atoms with Crippen LogP contribution in [0, 0.1) is 11.3 Å². The molecule has 1 saturated heterocycles. The van der Waals surface area contributed by atoms with E-state index in [2.05, 4.69) is 25.9 Å². The van der Waals surface area contributed by atoms with Crippen LogP contribution in [0.4, 0.5) is 11.5 Å². The molecule has 1 fully saturated rings. The first kappa shape index (κ1) is 21.3. The molecule has 0 radical (unpaired) electrons. The first-order chi connectivity index (χ1) is 15.1. The summed E-state index contributed by atoms with van der Waals surface area (Å²) >= 11 is 12.6. The highest BCUT2D eigenvalue weighted by Gasteiger charge is 2.39. The summed E-state index contributed by atoms with van der Waals surface area (Å²) in [6, 6.07) is 15.6. The zero-order valence-electron chi connectivity index (χ0n) is 16.5. The number of aromatic nitrogens is 2. The van der Waals surface area contributed by atoms with Crippen LogP contribution in [0.3, 0.4) is 0 Å². The summed E-state index contributed by atoms with van der Waals surface area (Å²) in [6.07, 6.45) is 3.30. The van der Waals surface area contributed by atoms with E-state index >= 15 is 0 Å². The molecule has 1 aromatic heterocycles. The Morgan fingerprint density at radius 2 is 1.81 bits per heavy atom. The van der Waals surface area contributed by atoms with Crippen LogP contribution in [-0.4, -0.2) is 29.0 Å². The molecule has 0 saturated carbocycles. The van der Waals surface area contributed by atoms with Gasteiger partial charge in [-0.2, -0.15) is 5.26 Å². The third-order valence-corrected chi connectivity index (χ3v) is 5.48. The number of anilines is 2. The molecule has 0 aliphatic carbocycles. The third-order valence-electron chi connectivity index (χ3n) is 4.75. The number of rotatable bonds is 9. The fourth-order valence-corrected chi connectivity index (χ4v) is 3.51. The van der Waals surface area contributed by atoms with Crippen molar-refractivity contribution >= 4 is 34.7 Å². The molecule has 0 spiro atoms.